The fraction of sp³-hybridized carbons (Fsp3) is 0.476. The maximum absolute atomic E-state index is 4.57. The van der Waals surface area contributed by atoms with Gasteiger partial charge in [-0.15, -0.1) is 10.2 Å². The van der Waals surface area contributed by atoms with Crippen LogP contribution in [-0.4, -0.2) is 48.6 Å². The zero-order valence-corrected chi connectivity index (χ0v) is 15.8. The van der Waals surface area contributed by atoms with E-state index >= 15 is 0 Å². The molecule has 5 rings (SSSR count). The number of fused-ring (bicyclic) bond motifs is 1. The van der Waals surface area contributed by atoms with Crippen molar-refractivity contribution in [3.05, 3.63) is 65.5 Å². The van der Waals surface area contributed by atoms with Crippen LogP contribution in [0.2, 0.25) is 0 Å². The van der Waals surface area contributed by atoms with Crippen LogP contribution < -0.4 is 0 Å². The number of rotatable bonds is 4. The van der Waals surface area contributed by atoms with Crippen LogP contribution in [0.5, 0.6) is 0 Å². The van der Waals surface area contributed by atoms with Crippen LogP contribution in [0, 0.1) is 0 Å². The molecule has 6 heteroatoms. The first-order valence-electron chi connectivity index (χ1n) is 9.94. The zero-order valence-electron chi connectivity index (χ0n) is 15.8. The molecule has 140 valence electrons. The highest BCUT2D eigenvalue weighted by molar-refractivity contribution is 5.33. The molecule has 0 saturated carbocycles. The average molecular weight is 362 g/mol. The van der Waals surface area contributed by atoms with Crippen LogP contribution >= 0.6 is 0 Å². The van der Waals surface area contributed by atoms with Gasteiger partial charge in [0.05, 0.1) is 0 Å². The number of benzene rings is 1. The quantitative estimate of drug-likeness (QED) is 0.715. The molecule has 0 bridgehead atoms. The van der Waals surface area contributed by atoms with E-state index in [2.05, 4.69) is 56.1 Å². The summed E-state index contributed by atoms with van der Waals surface area (Å²) < 4.78 is 4.08. The molecule has 2 aliphatic rings. The molecule has 0 radical (unpaired) electrons. The fourth-order valence-electron chi connectivity index (χ4n) is 4.75. The van der Waals surface area contributed by atoms with E-state index in [0.717, 1.165) is 18.2 Å². The molecule has 1 aromatic carbocycles. The third kappa shape index (κ3) is 3.18. The van der Waals surface area contributed by atoms with Crippen LogP contribution in [0.3, 0.4) is 0 Å². The first-order valence-corrected chi connectivity index (χ1v) is 9.94. The number of nitrogens with zero attached hydrogens (tertiary/aromatic N) is 6. The van der Waals surface area contributed by atoms with Gasteiger partial charge in [0.1, 0.15) is 12.4 Å². The predicted molar refractivity (Wildman–Crippen MR) is 104 cm³/mol. The minimum atomic E-state index is 0.464. The lowest BCUT2D eigenvalue weighted by Crippen LogP contribution is -2.43. The number of hydrogen-bond acceptors (Lipinski definition) is 4. The molecule has 0 spiro atoms. The Bertz CT molecular complexity index is 888. The van der Waals surface area contributed by atoms with Gasteiger partial charge < -0.3 is 4.57 Å². The summed E-state index contributed by atoms with van der Waals surface area (Å²) in [6.07, 6.45) is 8.58. The second-order valence-corrected chi connectivity index (χ2v) is 7.90. The molecule has 0 amide bonds. The summed E-state index contributed by atoms with van der Waals surface area (Å²) in [6, 6.07) is 11.5. The molecule has 1 atom stereocenters. The highest BCUT2D eigenvalue weighted by Gasteiger charge is 2.32. The summed E-state index contributed by atoms with van der Waals surface area (Å²) in [5.41, 5.74) is 3.06. The molecule has 27 heavy (non-hydrogen) atoms. The van der Waals surface area contributed by atoms with Gasteiger partial charge in [-0.3, -0.25) is 9.58 Å². The molecular formula is C21H26N6. The summed E-state index contributed by atoms with van der Waals surface area (Å²) in [7, 11) is 2.10. The van der Waals surface area contributed by atoms with E-state index in [1.54, 1.807) is 6.20 Å². The van der Waals surface area contributed by atoms with Crippen molar-refractivity contribution in [1.29, 1.82) is 0 Å². The van der Waals surface area contributed by atoms with Crippen molar-refractivity contribution < 1.29 is 0 Å². The lowest BCUT2D eigenvalue weighted by atomic mass is 9.95. The standard InChI is InChI=1S/C21H26N6/c1-25-20(15-27-11-5-9-22-27)23-24-21(25)18-8-4-10-26(14-18)19-12-16-6-2-3-7-17(16)13-19/h2-3,5-7,9,11,18-19H,4,8,10,12-15H2,1H3. The molecule has 1 fully saturated rings. The Morgan fingerprint density at radius 2 is 1.89 bits per heavy atom. The first-order chi connectivity index (χ1) is 13.3. The number of likely N-dealkylation sites (tertiary alicyclic amines) is 1. The lowest BCUT2D eigenvalue weighted by molar-refractivity contribution is 0.148. The van der Waals surface area contributed by atoms with Crippen molar-refractivity contribution in [2.75, 3.05) is 13.1 Å². The van der Waals surface area contributed by atoms with E-state index in [0.29, 0.717) is 18.5 Å². The van der Waals surface area contributed by atoms with Crippen LogP contribution in [0.25, 0.3) is 0 Å². The van der Waals surface area contributed by atoms with Gasteiger partial charge in [0.15, 0.2) is 5.82 Å². The number of hydrogen-bond donors (Lipinski definition) is 0. The maximum atomic E-state index is 4.57. The third-order valence-electron chi connectivity index (χ3n) is 6.23. The van der Waals surface area contributed by atoms with Gasteiger partial charge >= 0.3 is 0 Å². The van der Waals surface area contributed by atoms with E-state index < -0.39 is 0 Å². The van der Waals surface area contributed by atoms with Crippen LogP contribution in [0.15, 0.2) is 42.7 Å². The zero-order chi connectivity index (χ0) is 18.2. The largest absolute Gasteiger partial charge is 0.316 e. The molecule has 1 saturated heterocycles. The van der Waals surface area contributed by atoms with Gasteiger partial charge in [-0.2, -0.15) is 5.10 Å². The molecule has 2 aromatic heterocycles. The summed E-state index contributed by atoms with van der Waals surface area (Å²) in [5, 5.41) is 13.3. The summed E-state index contributed by atoms with van der Waals surface area (Å²) >= 11 is 0. The molecule has 1 aliphatic heterocycles. The molecule has 6 nitrogen and oxygen atoms in total. The highest BCUT2D eigenvalue weighted by atomic mass is 15.3. The fourth-order valence-corrected chi connectivity index (χ4v) is 4.75. The Morgan fingerprint density at radius 1 is 1.07 bits per heavy atom. The van der Waals surface area contributed by atoms with E-state index in [1.165, 1.54) is 43.4 Å². The van der Waals surface area contributed by atoms with E-state index in [1.807, 2.05) is 16.9 Å². The van der Waals surface area contributed by atoms with Crippen LogP contribution in [0.1, 0.15) is 41.5 Å². The maximum Gasteiger partial charge on any atom is 0.154 e. The molecule has 3 aromatic rings. The van der Waals surface area contributed by atoms with Crippen LogP contribution in [0.4, 0.5) is 0 Å². The monoisotopic (exact) mass is 362 g/mol. The predicted octanol–water partition coefficient (Wildman–Crippen LogP) is 2.41. The lowest BCUT2D eigenvalue weighted by Gasteiger charge is -2.36. The second kappa shape index (κ2) is 6.93. The van der Waals surface area contributed by atoms with Gasteiger partial charge in [-0.1, -0.05) is 24.3 Å². The summed E-state index contributed by atoms with van der Waals surface area (Å²) in [5.74, 6) is 2.56. The Labute approximate surface area is 159 Å². The van der Waals surface area contributed by atoms with Gasteiger partial charge in [0.25, 0.3) is 0 Å². The molecule has 1 aliphatic carbocycles. The molecular weight excluding hydrogens is 336 g/mol. The minimum absolute atomic E-state index is 0.464. The van der Waals surface area contributed by atoms with Gasteiger partial charge in [-0.25, -0.2) is 0 Å². The van der Waals surface area contributed by atoms with Crippen LogP contribution in [-0.2, 0) is 26.4 Å². The van der Waals surface area contributed by atoms with Gasteiger partial charge in [0.2, 0.25) is 0 Å². The summed E-state index contributed by atoms with van der Waals surface area (Å²) in [4.78, 5) is 2.69. The van der Waals surface area contributed by atoms with Crippen molar-refractivity contribution in [2.45, 2.75) is 44.2 Å². The molecule has 0 N–H and O–H groups in total. The van der Waals surface area contributed by atoms with Crippen molar-refractivity contribution in [3.8, 4) is 0 Å². The minimum Gasteiger partial charge on any atom is -0.316 e. The smallest absolute Gasteiger partial charge is 0.154 e. The van der Waals surface area contributed by atoms with E-state index in [-0.39, 0.29) is 0 Å². The number of aromatic nitrogens is 5. The van der Waals surface area contributed by atoms with Crippen molar-refractivity contribution in [1.82, 2.24) is 29.4 Å². The van der Waals surface area contributed by atoms with Crippen molar-refractivity contribution in [3.63, 3.8) is 0 Å². The van der Waals surface area contributed by atoms with Crippen molar-refractivity contribution >= 4 is 0 Å². The van der Waals surface area contributed by atoms with Gasteiger partial charge in [-0.05, 0) is 49.4 Å². The normalized spacial score (nSPS) is 20.9. The number of piperidine rings is 1. The molecule has 1 unspecified atom stereocenters. The Morgan fingerprint density at radius 3 is 2.63 bits per heavy atom. The van der Waals surface area contributed by atoms with Gasteiger partial charge in [0, 0.05) is 37.9 Å². The Balaban J connectivity index is 1.30. The second-order valence-electron chi connectivity index (χ2n) is 7.90. The SMILES string of the molecule is Cn1c(Cn2cccn2)nnc1C1CCCN(C2Cc3ccccc3C2)C1. The first kappa shape index (κ1) is 16.7. The van der Waals surface area contributed by atoms with E-state index in [9.17, 15) is 0 Å². The molecule has 3 heterocycles. The average Bonchev–Trinajstić information content (AvgIpc) is 3.43. The third-order valence-corrected chi connectivity index (χ3v) is 6.23. The van der Waals surface area contributed by atoms with E-state index in [4.69, 9.17) is 0 Å². The highest BCUT2D eigenvalue weighted by Crippen LogP contribution is 2.32. The Kier molecular flexibility index (Phi) is 4.28. The Hall–Kier alpha value is -2.47. The topological polar surface area (TPSA) is 51.8 Å². The summed E-state index contributed by atoms with van der Waals surface area (Å²) in [6.45, 7) is 2.96. The van der Waals surface area contributed by atoms with Crippen molar-refractivity contribution in [2.24, 2.45) is 7.05 Å².